The lowest BCUT2D eigenvalue weighted by atomic mass is 9.82. The SMILES string of the molecule is CCOc1ccc(OC[C@H]2CC[C@H](/C=C/COC)CC2)c(F)c1F. The van der Waals surface area contributed by atoms with Crippen LogP contribution in [0.2, 0.25) is 0 Å². The van der Waals surface area contributed by atoms with Crippen LogP contribution in [0.25, 0.3) is 0 Å². The highest BCUT2D eigenvalue weighted by molar-refractivity contribution is 5.35. The van der Waals surface area contributed by atoms with E-state index >= 15 is 0 Å². The molecule has 3 nitrogen and oxygen atoms in total. The summed E-state index contributed by atoms with van der Waals surface area (Å²) < 4.78 is 43.3. The van der Waals surface area contributed by atoms with Crippen molar-refractivity contribution in [1.29, 1.82) is 0 Å². The molecule has 0 saturated heterocycles. The van der Waals surface area contributed by atoms with Gasteiger partial charge in [-0.25, -0.2) is 0 Å². The number of rotatable bonds is 8. The largest absolute Gasteiger partial charge is 0.491 e. The molecule has 0 spiro atoms. The first-order valence-electron chi connectivity index (χ1n) is 8.54. The van der Waals surface area contributed by atoms with Gasteiger partial charge in [0, 0.05) is 7.11 Å². The lowest BCUT2D eigenvalue weighted by Crippen LogP contribution is -2.19. The molecule has 0 N–H and O–H groups in total. The Kier molecular flexibility index (Phi) is 7.50. The van der Waals surface area contributed by atoms with Gasteiger partial charge in [-0.2, -0.15) is 8.78 Å². The minimum atomic E-state index is -0.985. The summed E-state index contributed by atoms with van der Waals surface area (Å²) in [4.78, 5) is 0. The summed E-state index contributed by atoms with van der Waals surface area (Å²) in [6, 6.07) is 2.84. The molecule has 1 saturated carbocycles. The van der Waals surface area contributed by atoms with Crippen molar-refractivity contribution in [3.63, 3.8) is 0 Å². The Labute approximate surface area is 142 Å². The molecule has 0 bridgehead atoms. The Balaban J connectivity index is 1.81. The van der Waals surface area contributed by atoms with E-state index in [1.165, 1.54) is 12.1 Å². The second-order valence-corrected chi connectivity index (χ2v) is 6.10. The Morgan fingerprint density at radius 1 is 1.04 bits per heavy atom. The molecule has 1 aromatic carbocycles. The van der Waals surface area contributed by atoms with Gasteiger partial charge in [-0.1, -0.05) is 12.2 Å². The van der Waals surface area contributed by atoms with Gasteiger partial charge in [-0.15, -0.1) is 0 Å². The van der Waals surface area contributed by atoms with Crippen LogP contribution in [0.15, 0.2) is 24.3 Å². The summed E-state index contributed by atoms with van der Waals surface area (Å²) in [5.41, 5.74) is 0. The van der Waals surface area contributed by atoms with Crippen LogP contribution < -0.4 is 9.47 Å². The number of ether oxygens (including phenoxy) is 3. The Morgan fingerprint density at radius 3 is 2.25 bits per heavy atom. The zero-order valence-corrected chi connectivity index (χ0v) is 14.4. The fourth-order valence-corrected chi connectivity index (χ4v) is 2.99. The third kappa shape index (κ3) is 5.20. The minimum Gasteiger partial charge on any atom is -0.491 e. The molecule has 5 heteroatoms. The standard InChI is InChI=1S/C19H26F2O3/c1-3-23-16-10-11-17(19(21)18(16)20)24-13-15-8-6-14(7-9-15)5-4-12-22-2/h4-5,10-11,14-15H,3,6-9,12-13H2,1-2H3/b5-4+/t14-,15-. The molecule has 134 valence electrons. The number of allylic oxidation sites excluding steroid dienone is 1. The van der Waals surface area contributed by atoms with E-state index in [9.17, 15) is 8.78 Å². The van der Waals surface area contributed by atoms with E-state index in [1.54, 1.807) is 14.0 Å². The van der Waals surface area contributed by atoms with Gasteiger partial charge in [-0.3, -0.25) is 0 Å². The third-order valence-electron chi connectivity index (χ3n) is 4.35. The molecule has 0 unspecified atom stereocenters. The van der Waals surface area contributed by atoms with E-state index in [0.29, 0.717) is 31.7 Å². The maximum absolute atomic E-state index is 14.0. The van der Waals surface area contributed by atoms with Crippen LogP contribution in [0.5, 0.6) is 11.5 Å². The Hall–Kier alpha value is -1.62. The van der Waals surface area contributed by atoms with Gasteiger partial charge in [-0.05, 0) is 56.6 Å². The lowest BCUT2D eigenvalue weighted by Gasteiger charge is -2.26. The molecule has 24 heavy (non-hydrogen) atoms. The number of halogens is 2. The fraction of sp³-hybridized carbons (Fsp3) is 0.579. The summed E-state index contributed by atoms with van der Waals surface area (Å²) in [6.07, 6.45) is 8.51. The molecule has 0 heterocycles. The first-order chi connectivity index (χ1) is 11.7. The van der Waals surface area contributed by atoms with Gasteiger partial charge < -0.3 is 14.2 Å². The van der Waals surface area contributed by atoms with Gasteiger partial charge in [0.25, 0.3) is 0 Å². The number of methoxy groups -OCH3 is 1. The maximum atomic E-state index is 14.0. The summed E-state index contributed by atoms with van der Waals surface area (Å²) in [6.45, 7) is 3.08. The Bertz CT molecular complexity index is 538. The third-order valence-corrected chi connectivity index (χ3v) is 4.35. The van der Waals surface area contributed by atoms with Crippen LogP contribution >= 0.6 is 0 Å². The lowest BCUT2D eigenvalue weighted by molar-refractivity contribution is 0.186. The van der Waals surface area contributed by atoms with Crippen LogP contribution in [-0.4, -0.2) is 26.9 Å². The first-order valence-corrected chi connectivity index (χ1v) is 8.54. The van der Waals surface area contributed by atoms with Crippen molar-refractivity contribution in [2.24, 2.45) is 11.8 Å². The van der Waals surface area contributed by atoms with Crippen molar-refractivity contribution in [1.82, 2.24) is 0 Å². The average molecular weight is 340 g/mol. The van der Waals surface area contributed by atoms with Crippen LogP contribution in [0.1, 0.15) is 32.6 Å². The molecule has 1 aromatic rings. The van der Waals surface area contributed by atoms with E-state index in [-0.39, 0.29) is 11.5 Å². The van der Waals surface area contributed by atoms with Crippen molar-refractivity contribution < 1.29 is 23.0 Å². The van der Waals surface area contributed by atoms with Gasteiger partial charge >= 0.3 is 0 Å². The van der Waals surface area contributed by atoms with E-state index < -0.39 is 11.6 Å². The molecule has 0 atom stereocenters. The van der Waals surface area contributed by atoms with Crippen molar-refractivity contribution >= 4 is 0 Å². The molecular formula is C19H26F2O3. The van der Waals surface area contributed by atoms with Crippen LogP contribution in [0.4, 0.5) is 8.78 Å². The highest BCUT2D eigenvalue weighted by Crippen LogP contribution is 2.32. The molecule has 0 radical (unpaired) electrons. The summed E-state index contributed by atoms with van der Waals surface area (Å²) in [5.74, 6) is -1.12. The summed E-state index contributed by atoms with van der Waals surface area (Å²) in [5, 5.41) is 0. The molecule has 1 aliphatic rings. The van der Waals surface area contributed by atoms with Crippen LogP contribution in [0.3, 0.4) is 0 Å². The van der Waals surface area contributed by atoms with Crippen LogP contribution in [0, 0.1) is 23.5 Å². The van der Waals surface area contributed by atoms with Gasteiger partial charge in [0.1, 0.15) is 0 Å². The molecule has 1 fully saturated rings. The van der Waals surface area contributed by atoms with E-state index in [0.717, 1.165) is 25.7 Å². The predicted molar refractivity (Wildman–Crippen MR) is 89.5 cm³/mol. The molecule has 1 aliphatic carbocycles. The number of hydrogen-bond donors (Lipinski definition) is 0. The minimum absolute atomic E-state index is 0.0435. The highest BCUT2D eigenvalue weighted by Gasteiger charge is 2.21. The highest BCUT2D eigenvalue weighted by atomic mass is 19.2. The van der Waals surface area contributed by atoms with E-state index in [4.69, 9.17) is 14.2 Å². The van der Waals surface area contributed by atoms with E-state index in [1.807, 2.05) is 0 Å². The molecule has 0 amide bonds. The fourth-order valence-electron chi connectivity index (χ4n) is 2.99. The zero-order chi connectivity index (χ0) is 17.4. The second kappa shape index (κ2) is 9.62. The average Bonchev–Trinajstić information content (AvgIpc) is 2.60. The molecule has 2 rings (SSSR count). The topological polar surface area (TPSA) is 27.7 Å². The number of hydrogen-bond acceptors (Lipinski definition) is 3. The van der Waals surface area contributed by atoms with E-state index in [2.05, 4.69) is 12.2 Å². The van der Waals surface area contributed by atoms with Crippen molar-refractivity contribution in [3.8, 4) is 11.5 Å². The zero-order valence-electron chi connectivity index (χ0n) is 14.4. The van der Waals surface area contributed by atoms with Gasteiger partial charge in [0.15, 0.2) is 11.5 Å². The van der Waals surface area contributed by atoms with Crippen molar-refractivity contribution in [2.75, 3.05) is 26.9 Å². The van der Waals surface area contributed by atoms with Crippen molar-refractivity contribution in [2.45, 2.75) is 32.6 Å². The maximum Gasteiger partial charge on any atom is 0.204 e. The smallest absolute Gasteiger partial charge is 0.204 e. The summed E-state index contributed by atoms with van der Waals surface area (Å²) in [7, 11) is 1.68. The molecule has 0 aromatic heterocycles. The van der Waals surface area contributed by atoms with Crippen LogP contribution in [-0.2, 0) is 4.74 Å². The van der Waals surface area contributed by atoms with Gasteiger partial charge in [0.2, 0.25) is 11.6 Å². The summed E-state index contributed by atoms with van der Waals surface area (Å²) >= 11 is 0. The second-order valence-electron chi connectivity index (χ2n) is 6.10. The molecular weight excluding hydrogens is 314 g/mol. The molecule has 0 aliphatic heterocycles. The van der Waals surface area contributed by atoms with Crippen molar-refractivity contribution in [3.05, 3.63) is 35.9 Å². The first kappa shape index (κ1) is 18.7. The Morgan fingerprint density at radius 2 is 1.67 bits per heavy atom. The van der Waals surface area contributed by atoms with Gasteiger partial charge in [0.05, 0.1) is 19.8 Å². The predicted octanol–water partition coefficient (Wildman–Crippen LogP) is 4.75. The number of benzene rings is 1. The quantitative estimate of drug-likeness (QED) is 0.639. The normalized spacial score (nSPS) is 21.2. The monoisotopic (exact) mass is 340 g/mol.